The van der Waals surface area contributed by atoms with Gasteiger partial charge in [-0.3, -0.25) is 4.79 Å². The van der Waals surface area contributed by atoms with E-state index >= 15 is 0 Å². The van der Waals surface area contributed by atoms with Crippen molar-refractivity contribution < 1.29 is 9.90 Å². The van der Waals surface area contributed by atoms with Crippen LogP contribution in [0.2, 0.25) is 0 Å². The van der Waals surface area contributed by atoms with Crippen LogP contribution in [-0.4, -0.2) is 42.2 Å². The molecule has 0 aromatic heterocycles. The van der Waals surface area contributed by atoms with Gasteiger partial charge in [0.05, 0.1) is 12.6 Å². The topological polar surface area (TPSA) is 66.6 Å². The summed E-state index contributed by atoms with van der Waals surface area (Å²) in [6.45, 7) is 4.68. The van der Waals surface area contributed by atoms with Crippen molar-refractivity contribution in [3.05, 3.63) is 0 Å². The standard InChI is InChI=1S/C12H26N2O2/c1-4-11(7-8-13)5-6-12(16)14(3)10(2)9-15/h10-11,15H,4-9,13H2,1-3H3. The minimum absolute atomic E-state index is 0.0161. The third kappa shape index (κ3) is 5.47. The molecule has 0 aromatic rings. The molecular weight excluding hydrogens is 204 g/mol. The summed E-state index contributed by atoms with van der Waals surface area (Å²) >= 11 is 0. The van der Waals surface area contributed by atoms with Gasteiger partial charge in [0.25, 0.3) is 0 Å². The van der Waals surface area contributed by atoms with Crippen LogP contribution in [0.25, 0.3) is 0 Å². The summed E-state index contributed by atoms with van der Waals surface area (Å²) in [7, 11) is 1.74. The molecule has 0 spiro atoms. The summed E-state index contributed by atoms with van der Waals surface area (Å²) in [6.07, 6.45) is 3.52. The minimum Gasteiger partial charge on any atom is -0.394 e. The molecule has 0 rings (SSSR count). The van der Waals surface area contributed by atoms with Crippen LogP contribution < -0.4 is 5.73 Å². The molecule has 0 aliphatic rings. The van der Waals surface area contributed by atoms with Crippen LogP contribution >= 0.6 is 0 Å². The molecule has 0 radical (unpaired) electrons. The molecule has 0 saturated carbocycles. The predicted octanol–water partition coefficient (Wildman–Crippen LogP) is 0.981. The zero-order valence-electron chi connectivity index (χ0n) is 10.8. The Hall–Kier alpha value is -0.610. The molecule has 4 nitrogen and oxygen atoms in total. The first-order valence-corrected chi connectivity index (χ1v) is 6.13. The summed E-state index contributed by atoms with van der Waals surface area (Å²) in [5.74, 6) is 0.656. The summed E-state index contributed by atoms with van der Waals surface area (Å²) in [4.78, 5) is 13.4. The van der Waals surface area contributed by atoms with E-state index in [2.05, 4.69) is 6.92 Å². The maximum Gasteiger partial charge on any atom is 0.222 e. The second-order valence-corrected chi connectivity index (χ2v) is 4.43. The largest absolute Gasteiger partial charge is 0.394 e. The number of nitrogens with zero attached hydrogens (tertiary/aromatic N) is 1. The van der Waals surface area contributed by atoms with E-state index in [9.17, 15) is 4.79 Å². The van der Waals surface area contributed by atoms with Crippen molar-refractivity contribution in [2.75, 3.05) is 20.2 Å². The smallest absolute Gasteiger partial charge is 0.222 e. The Morgan fingerprint density at radius 3 is 2.50 bits per heavy atom. The number of aliphatic hydroxyl groups is 1. The number of carbonyl (C=O) groups excluding carboxylic acids is 1. The molecule has 0 aliphatic heterocycles. The molecule has 96 valence electrons. The monoisotopic (exact) mass is 230 g/mol. The zero-order valence-corrected chi connectivity index (χ0v) is 10.8. The highest BCUT2D eigenvalue weighted by Gasteiger charge is 2.16. The van der Waals surface area contributed by atoms with E-state index in [1.54, 1.807) is 11.9 Å². The molecule has 16 heavy (non-hydrogen) atoms. The maximum absolute atomic E-state index is 11.8. The molecule has 0 saturated heterocycles. The number of nitrogens with two attached hydrogens (primary N) is 1. The van der Waals surface area contributed by atoms with Crippen molar-refractivity contribution in [1.82, 2.24) is 4.90 Å². The molecule has 1 amide bonds. The van der Waals surface area contributed by atoms with E-state index in [0.717, 1.165) is 19.3 Å². The third-order valence-corrected chi connectivity index (χ3v) is 3.24. The van der Waals surface area contributed by atoms with E-state index in [4.69, 9.17) is 10.8 Å². The zero-order chi connectivity index (χ0) is 12.6. The van der Waals surface area contributed by atoms with Crippen molar-refractivity contribution in [2.24, 2.45) is 11.7 Å². The Morgan fingerprint density at radius 2 is 2.06 bits per heavy atom. The number of hydrogen-bond acceptors (Lipinski definition) is 3. The summed E-state index contributed by atoms with van der Waals surface area (Å²) in [5.41, 5.74) is 5.51. The highest BCUT2D eigenvalue weighted by atomic mass is 16.3. The van der Waals surface area contributed by atoms with Crippen molar-refractivity contribution in [2.45, 2.75) is 45.6 Å². The van der Waals surface area contributed by atoms with Crippen molar-refractivity contribution in [3.63, 3.8) is 0 Å². The van der Waals surface area contributed by atoms with E-state index < -0.39 is 0 Å². The number of hydrogen-bond donors (Lipinski definition) is 2. The lowest BCUT2D eigenvalue weighted by Crippen LogP contribution is -2.37. The molecule has 0 fully saturated rings. The number of aliphatic hydroxyl groups excluding tert-OH is 1. The van der Waals surface area contributed by atoms with Crippen LogP contribution in [0.1, 0.15) is 39.5 Å². The highest BCUT2D eigenvalue weighted by molar-refractivity contribution is 5.76. The van der Waals surface area contributed by atoms with Crippen LogP contribution in [0.3, 0.4) is 0 Å². The Labute approximate surface area is 98.8 Å². The maximum atomic E-state index is 11.8. The average Bonchev–Trinajstić information content (AvgIpc) is 2.31. The van der Waals surface area contributed by atoms with Gasteiger partial charge in [-0.2, -0.15) is 0 Å². The number of likely N-dealkylation sites (N-methyl/N-ethyl adjacent to an activating group) is 1. The molecular formula is C12H26N2O2. The number of amides is 1. The van der Waals surface area contributed by atoms with Gasteiger partial charge in [0.2, 0.25) is 5.91 Å². The van der Waals surface area contributed by atoms with Crippen LogP contribution in [0.5, 0.6) is 0 Å². The van der Waals surface area contributed by atoms with Gasteiger partial charge in [-0.25, -0.2) is 0 Å². The van der Waals surface area contributed by atoms with Gasteiger partial charge in [0, 0.05) is 13.5 Å². The SMILES string of the molecule is CCC(CCN)CCC(=O)N(C)C(C)CO. The van der Waals surface area contributed by atoms with Crippen LogP contribution in [0, 0.1) is 5.92 Å². The van der Waals surface area contributed by atoms with E-state index in [1.807, 2.05) is 6.92 Å². The fourth-order valence-electron chi connectivity index (χ4n) is 1.66. The Kier molecular flexibility index (Phi) is 8.21. The second-order valence-electron chi connectivity index (χ2n) is 4.43. The molecule has 2 unspecified atom stereocenters. The molecule has 2 atom stereocenters. The van der Waals surface area contributed by atoms with E-state index in [0.29, 0.717) is 18.9 Å². The van der Waals surface area contributed by atoms with Crippen LogP contribution in [0.4, 0.5) is 0 Å². The Balaban J connectivity index is 3.95. The lowest BCUT2D eigenvalue weighted by atomic mass is 9.96. The molecule has 3 N–H and O–H groups in total. The molecule has 0 heterocycles. The van der Waals surface area contributed by atoms with Gasteiger partial charge in [-0.1, -0.05) is 13.3 Å². The first-order chi connectivity index (χ1) is 7.56. The molecule has 4 heteroatoms. The lowest BCUT2D eigenvalue weighted by Gasteiger charge is -2.24. The van der Waals surface area contributed by atoms with Gasteiger partial charge >= 0.3 is 0 Å². The van der Waals surface area contributed by atoms with Crippen molar-refractivity contribution in [1.29, 1.82) is 0 Å². The fourth-order valence-corrected chi connectivity index (χ4v) is 1.66. The van der Waals surface area contributed by atoms with Gasteiger partial charge in [0.15, 0.2) is 0 Å². The third-order valence-electron chi connectivity index (χ3n) is 3.24. The van der Waals surface area contributed by atoms with Gasteiger partial charge in [0.1, 0.15) is 0 Å². The number of rotatable bonds is 8. The summed E-state index contributed by atoms with van der Waals surface area (Å²) in [6, 6.07) is -0.0953. The van der Waals surface area contributed by atoms with Crippen LogP contribution in [-0.2, 0) is 4.79 Å². The Bertz CT molecular complexity index is 197. The van der Waals surface area contributed by atoms with Crippen molar-refractivity contribution in [3.8, 4) is 0 Å². The van der Waals surface area contributed by atoms with E-state index in [-0.39, 0.29) is 18.6 Å². The highest BCUT2D eigenvalue weighted by Crippen LogP contribution is 2.15. The molecule has 0 bridgehead atoms. The number of carbonyl (C=O) groups is 1. The van der Waals surface area contributed by atoms with Gasteiger partial charge < -0.3 is 15.7 Å². The second kappa shape index (κ2) is 8.53. The van der Waals surface area contributed by atoms with Gasteiger partial charge in [-0.05, 0) is 32.2 Å². The van der Waals surface area contributed by atoms with Gasteiger partial charge in [-0.15, -0.1) is 0 Å². The molecule has 0 aliphatic carbocycles. The summed E-state index contributed by atoms with van der Waals surface area (Å²) in [5, 5.41) is 8.95. The normalized spacial score (nSPS) is 14.6. The molecule has 0 aromatic carbocycles. The quantitative estimate of drug-likeness (QED) is 0.653. The van der Waals surface area contributed by atoms with Crippen LogP contribution in [0.15, 0.2) is 0 Å². The first-order valence-electron chi connectivity index (χ1n) is 6.13. The fraction of sp³-hybridized carbons (Fsp3) is 0.917. The minimum atomic E-state index is -0.0953. The average molecular weight is 230 g/mol. The van der Waals surface area contributed by atoms with E-state index in [1.165, 1.54) is 0 Å². The first kappa shape index (κ1) is 15.4. The lowest BCUT2D eigenvalue weighted by molar-refractivity contribution is -0.132. The summed E-state index contributed by atoms with van der Waals surface area (Å²) < 4.78 is 0. The Morgan fingerprint density at radius 1 is 1.44 bits per heavy atom. The van der Waals surface area contributed by atoms with Crippen molar-refractivity contribution >= 4 is 5.91 Å². The predicted molar refractivity (Wildman–Crippen MR) is 66.0 cm³/mol.